The van der Waals surface area contributed by atoms with Crippen LogP contribution in [0.2, 0.25) is 0 Å². The van der Waals surface area contributed by atoms with E-state index >= 15 is 0 Å². The fourth-order valence-electron chi connectivity index (χ4n) is 1.86. The Kier molecular flexibility index (Phi) is 4.66. The van der Waals surface area contributed by atoms with Crippen molar-refractivity contribution in [2.75, 3.05) is 5.88 Å². The van der Waals surface area contributed by atoms with Crippen molar-refractivity contribution in [1.82, 2.24) is 0 Å². The number of benzene rings is 1. The molecule has 1 nitrogen and oxygen atoms in total. The van der Waals surface area contributed by atoms with Crippen LogP contribution in [0.3, 0.4) is 0 Å². The van der Waals surface area contributed by atoms with Crippen LogP contribution in [0, 0.1) is 0 Å². The lowest BCUT2D eigenvalue weighted by atomic mass is 10.0. The second-order valence-electron chi connectivity index (χ2n) is 4.27. The summed E-state index contributed by atoms with van der Waals surface area (Å²) in [6, 6.07) is 6.12. The normalized spacial score (nSPS) is 20.1. The molecular weight excluding hydrogens is 244 g/mol. The van der Waals surface area contributed by atoms with Gasteiger partial charge in [0.2, 0.25) is 0 Å². The van der Waals surface area contributed by atoms with Gasteiger partial charge in [-0.2, -0.15) is 0 Å². The van der Waals surface area contributed by atoms with Crippen molar-refractivity contribution in [1.29, 1.82) is 0 Å². The molecule has 2 rings (SSSR count). The lowest BCUT2D eigenvalue weighted by molar-refractivity contribution is 0.218. The molecule has 94 valence electrons. The Morgan fingerprint density at radius 1 is 1.11 bits per heavy atom. The van der Waals surface area contributed by atoms with Crippen molar-refractivity contribution in [2.24, 2.45) is 0 Å². The van der Waals surface area contributed by atoms with E-state index in [0.717, 1.165) is 17.7 Å². The third-order valence-corrected chi connectivity index (χ3v) is 3.03. The first-order valence-corrected chi connectivity index (χ1v) is 6.72. The summed E-state index contributed by atoms with van der Waals surface area (Å²) in [5.74, 6) is 1.54. The maximum absolute atomic E-state index is 5.96. The Morgan fingerprint density at radius 2 is 1.89 bits per heavy atom. The van der Waals surface area contributed by atoms with E-state index in [2.05, 4.69) is 18.2 Å². The molecular formula is C16H17ClO. The molecule has 0 aliphatic heterocycles. The molecule has 1 atom stereocenters. The number of halogens is 1. The Bertz CT molecular complexity index is 486. The van der Waals surface area contributed by atoms with Gasteiger partial charge in [0.05, 0.1) is 6.10 Å². The second-order valence-corrected chi connectivity index (χ2v) is 4.65. The number of ether oxygens (including phenoxy) is 1. The Morgan fingerprint density at radius 3 is 2.67 bits per heavy atom. The molecule has 0 heterocycles. The van der Waals surface area contributed by atoms with Gasteiger partial charge in [0, 0.05) is 11.4 Å². The first kappa shape index (κ1) is 13.0. The minimum absolute atomic E-state index is 0.132. The predicted molar refractivity (Wildman–Crippen MR) is 79.1 cm³/mol. The van der Waals surface area contributed by atoms with Crippen LogP contribution >= 0.6 is 11.6 Å². The number of rotatable bonds is 4. The molecule has 2 heteroatoms. The van der Waals surface area contributed by atoms with Crippen LogP contribution in [0.4, 0.5) is 0 Å². The fraction of sp³-hybridized carbons (Fsp3) is 0.250. The van der Waals surface area contributed by atoms with Crippen molar-refractivity contribution >= 4 is 23.8 Å². The van der Waals surface area contributed by atoms with Crippen molar-refractivity contribution in [2.45, 2.75) is 19.4 Å². The lowest BCUT2D eigenvalue weighted by Crippen LogP contribution is -2.13. The van der Waals surface area contributed by atoms with Gasteiger partial charge in [-0.1, -0.05) is 48.6 Å². The van der Waals surface area contributed by atoms with Gasteiger partial charge in [0.25, 0.3) is 0 Å². The van der Waals surface area contributed by atoms with Gasteiger partial charge in [0.1, 0.15) is 5.75 Å². The molecule has 0 bridgehead atoms. The van der Waals surface area contributed by atoms with E-state index in [0.29, 0.717) is 5.88 Å². The third kappa shape index (κ3) is 3.27. The monoisotopic (exact) mass is 260 g/mol. The van der Waals surface area contributed by atoms with Crippen molar-refractivity contribution < 1.29 is 4.74 Å². The van der Waals surface area contributed by atoms with Crippen LogP contribution in [-0.4, -0.2) is 12.0 Å². The molecule has 0 unspecified atom stereocenters. The van der Waals surface area contributed by atoms with Gasteiger partial charge < -0.3 is 4.74 Å². The average molecular weight is 261 g/mol. The highest BCUT2D eigenvalue weighted by Crippen LogP contribution is 2.27. The zero-order valence-corrected chi connectivity index (χ0v) is 11.2. The lowest BCUT2D eigenvalue weighted by Gasteiger charge is -2.17. The number of allylic oxidation sites excluding steroid dienone is 4. The maximum atomic E-state index is 5.96. The largest absolute Gasteiger partial charge is 0.490 e. The number of alkyl halides is 1. The molecule has 0 N–H and O–H groups in total. The molecule has 1 aliphatic carbocycles. The Hall–Kier alpha value is -1.47. The Labute approximate surface area is 113 Å². The number of fused-ring (bicyclic) bond motifs is 1. The molecule has 0 radical (unpaired) electrons. The quantitative estimate of drug-likeness (QED) is 0.715. The molecule has 1 aliphatic rings. The van der Waals surface area contributed by atoms with E-state index in [1.54, 1.807) is 0 Å². The van der Waals surface area contributed by atoms with Gasteiger partial charge >= 0.3 is 0 Å². The highest BCUT2D eigenvalue weighted by Gasteiger charge is 2.09. The summed E-state index contributed by atoms with van der Waals surface area (Å²) in [4.78, 5) is 0. The van der Waals surface area contributed by atoms with Gasteiger partial charge in [-0.25, -0.2) is 0 Å². The van der Waals surface area contributed by atoms with E-state index in [-0.39, 0.29) is 6.10 Å². The maximum Gasteiger partial charge on any atom is 0.127 e. The number of hydrogen-bond donors (Lipinski definition) is 0. The average Bonchev–Trinajstić information content (AvgIpc) is 2.31. The van der Waals surface area contributed by atoms with E-state index in [4.69, 9.17) is 16.3 Å². The van der Waals surface area contributed by atoms with Gasteiger partial charge in [-0.05, 0) is 25.0 Å². The highest BCUT2D eigenvalue weighted by atomic mass is 35.5. The SMILES string of the molecule is C[C@@H](CCCl)Oc1cccc2c1\C=C/C=C\C=C/2. The molecule has 1 aromatic rings. The minimum atomic E-state index is 0.132. The summed E-state index contributed by atoms with van der Waals surface area (Å²) in [6.45, 7) is 2.05. The summed E-state index contributed by atoms with van der Waals surface area (Å²) in [5.41, 5.74) is 2.30. The first-order valence-electron chi connectivity index (χ1n) is 6.18. The van der Waals surface area contributed by atoms with E-state index < -0.39 is 0 Å². The summed E-state index contributed by atoms with van der Waals surface area (Å²) >= 11 is 5.74. The van der Waals surface area contributed by atoms with Gasteiger partial charge in [0.15, 0.2) is 0 Å². The molecule has 0 amide bonds. The minimum Gasteiger partial charge on any atom is -0.490 e. The van der Waals surface area contributed by atoms with Crippen LogP contribution in [0.1, 0.15) is 24.5 Å². The number of hydrogen-bond acceptors (Lipinski definition) is 1. The zero-order valence-electron chi connectivity index (χ0n) is 10.5. The molecule has 0 spiro atoms. The summed E-state index contributed by atoms with van der Waals surface area (Å²) in [7, 11) is 0. The van der Waals surface area contributed by atoms with Crippen molar-refractivity contribution in [3.05, 3.63) is 53.6 Å². The molecule has 0 fully saturated rings. The smallest absolute Gasteiger partial charge is 0.127 e. The van der Waals surface area contributed by atoms with Crippen LogP contribution in [0.25, 0.3) is 12.2 Å². The molecule has 18 heavy (non-hydrogen) atoms. The van der Waals surface area contributed by atoms with Crippen LogP contribution in [0.15, 0.2) is 42.5 Å². The summed E-state index contributed by atoms with van der Waals surface area (Å²) in [5, 5.41) is 0. The van der Waals surface area contributed by atoms with E-state index in [1.807, 2.05) is 43.4 Å². The standard InChI is InChI=1S/C16H17ClO/c1-13(11-12-17)18-16-10-6-8-14-7-4-2-3-5-9-15(14)16/h2-10,13H,11-12H2,1H3/b3-2-,4-2?,5-3?,7-4-,9-5-,14-7?,15-9?/t13-/m0/s1. The second kappa shape index (κ2) is 6.46. The molecule has 0 aromatic heterocycles. The highest BCUT2D eigenvalue weighted by molar-refractivity contribution is 6.17. The van der Waals surface area contributed by atoms with Crippen LogP contribution in [0.5, 0.6) is 5.75 Å². The van der Waals surface area contributed by atoms with Crippen molar-refractivity contribution in [3.63, 3.8) is 0 Å². The first-order chi connectivity index (χ1) is 8.81. The van der Waals surface area contributed by atoms with E-state index in [9.17, 15) is 0 Å². The summed E-state index contributed by atoms with van der Waals surface area (Å²) < 4.78 is 5.96. The van der Waals surface area contributed by atoms with E-state index in [1.165, 1.54) is 5.56 Å². The Balaban J connectivity index is 2.30. The predicted octanol–water partition coefficient (Wildman–Crippen LogP) is 4.68. The van der Waals surface area contributed by atoms with Gasteiger partial charge in [-0.15, -0.1) is 11.6 Å². The zero-order chi connectivity index (χ0) is 12.8. The third-order valence-electron chi connectivity index (χ3n) is 2.82. The van der Waals surface area contributed by atoms with Crippen LogP contribution < -0.4 is 4.74 Å². The molecule has 0 saturated heterocycles. The topological polar surface area (TPSA) is 9.23 Å². The van der Waals surface area contributed by atoms with Crippen molar-refractivity contribution in [3.8, 4) is 5.75 Å². The van der Waals surface area contributed by atoms with Crippen LogP contribution in [-0.2, 0) is 0 Å². The molecule has 0 saturated carbocycles. The molecule has 1 aromatic carbocycles. The summed E-state index contributed by atoms with van der Waals surface area (Å²) in [6.07, 6.45) is 13.3. The fourth-order valence-corrected chi connectivity index (χ4v) is 2.16. The van der Waals surface area contributed by atoms with Gasteiger partial charge in [-0.3, -0.25) is 0 Å².